The number of benzene rings is 2. The van der Waals surface area contributed by atoms with Crippen molar-refractivity contribution in [3.63, 3.8) is 0 Å². The topological polar surface area (TPSA) is 121 Å². The molecule has 41 heavy (non-hydrogen) atoms. The Balaban J connectivity index is 1.12. The van der Waals surface area contributed by atoms with Crippen LogP contribution in [-0.2, 0) is 11.3 Å². The summed E-state index contributed by atoms with van der Waals surface area (Å²) >= 11 is 0. The SMILES string of the molecule is O=C(Cn1cc(Nc2ncnc3cc(OCCCN4CCN(CCO)CC4)ccc23)cn1)Nc1cccc(F)c1F. The molecule has 0 radical (unpaired) electrons. The van der Waals surface area contributed by atoms with Crippen LogP contribution in [0.4, 0.5) is 26.0 Å². The summed E-state index contributed by atoms with van der Waals surface area (Å²) in [4.78, 5) is 25.7. The number of aliphatic hydroxyl groups is 1. The van der Waals surface area contributed by atoms with Gasteiger partial charge in [-0.2, -0.15) is 5.10 Å². The molecule has 1 aliphatic heterocycles. The minimum atomic E-state index is -1.11. The Morgan fingerprint density at radius 2 is 1.85 bits per heavy atom. The molecule has 11 nitrogen and oxygen atoms in total. The molecule has 5 rings (SSSR count). The van der Waals surface area contributed by atoms with E-state index in [1.54, 1.807) is 6.20 Å². The van der Waals surface area contributed by atoms with E-state index in [1.807, 2.05) is 18.2 Å². The number of nitrogens with one attached hydrogen (secondary N) is 2. The van der Waals surface area contributed by atoms with Gasteiger partial charge in [0.25, 0.3) is 0 Å². The highest BCUT2D eigenvalue weighted by molar-refractivity contribution is 5.92. The van der Waals surface area contributed by atoms with Crippen molar-refractivity contribution in [2.45, 2.75) is 13.0 Å². The summed E-state index contributed by atoms with van der Waals surface area (Å²) in [6.07, 6.45) is 5.51. The Morgan fingerprint density at radius 3 is 2.66 bits per heavy atom. The molecule has 0 spiro atoms. The van der Waals surface area contributed by atoms with Crippen LogP contribution in [0.3, 0.4) is 0 Å². The van der Waals surface area contributed by atoms with Crippen LogP contribution >= 0.6 is 0 Å². The largest absolute Gasteiger partial charge is 0.493 e. The second-order valence-electron chi connectivity index (χ2n) is 9.71. The molecule has 1 amide bonds. The van der Waals surface area contributed by atoms with E-state index in [-0.39, 0.29) is 18.8 Å². The van der Waals surface area contributed by atoms with Gasteiger partial charge in [0.2, 0.25) is 5.91 Å². The third-order valence-electron chi connectivity index (χ3n) is 6.80. The maximum Gasteiger partial charge on any atom is 0.246 e. The molecule has 3 heterocycles. The second-order valence-corrected chi connectivity index (χ2v) is 9.71. The monoisotopic (exact) mass is 566 g/mol. The van der Waals surface area contributed by atoms with Crippen LogP contribution in [-0.4, -0.2) is 93.0 Å². The van der Waals surface area contributed by atoms with E-state index in [2.05, 4.69) is 35.5 Å². The molecule has 0 bridgehead atoms. The molecule has 0 saturated carbocycles. The fourth-order valence-electron chi connectivity index (χ4n) is 4.67. The van der Waals surface area contributed by atoms with Crippen molar-refractivity contribution in [2.24, 2.45) is 0 Å². The zero-order chi connectivity index (χ0) is 28.6. The van der Waals surface area contributed by atoms with E-state index in [9.17, 15) is 13.6 Å². The first kappa shape index (κ1) is 28.3. The van der Waals surface area contributed by atoms with Crippen molar-refractivity contribution in [3.05, 3.63) is 66.8 Å². The molecule has 0 aliphatic carbocycles. The molecular weight excluding hydrogens is 534 g/mol. The molecule has 0 unspecified atom stereocenters. The summed E-state index contributed by atoms with van der Waals surface area (Å²) in [5.41, 5.74) is 1.07. The van der Waals surface area contributed by atoms with Gasteiger partial charge in [-0.3, -0.25) is 14.4 Å². The lowest BCUT2D eigenvalue weighted by molar-refractivity contribution is -0.116. The van der Waals surface area contributed by atoms with Gasteiger partial charge in [-0.25, -0.2) is 18.7 Å². The second kappa shape index (κ2) is 13.4. The smallest absolute Gasteiger partial charge is 0.246 e. The number of hydrogen-bond acceptors (Lipinski definition) is 9. The van der Waals surface area contributed by atoms with Crippen LogP contribution in [0.15, 0.2) is 55.1 Å². The van der Waals surface area contributed by atoms with Crippen molar-refractivity contribution >= 4 is 34.0 Å². The maximum absolute atomic E-state index is 13.8. The van der Waals surface area contributed by atoms with Gasteiger partial charge < -0.3 is 25.4 Å². The molecule has 1 aliphatic rings. The summed E-state index contributed by atoms with van der Waals surface area (Å²) in [7, 11) is 0. The molecular formula is C28H32F2N8O3. The number of nitrogens with zero attached hydrogens (tertiary/aromatic N) is 6. The molecule has 2 aromatic carbocycles. The fraction of sp³-hybridized carbons (Fsp3) is 0.357. The van der Waals surface area contributed by atoms with Crippen LogP contribution in [0.2, 0.25) is 0 Å². The van der Waals surface area contributed by atoms with Gasteiger partial charge in [-0.15, -0.1) is 0 Å². The first-order chi connectivity index (χ1) is 20.0. The van der Waals surface area contributed by atoms with Crippen molar-refractivity contribution in [1.82, 2.24) is 29.5 Å². The van der Waals surface area contributed by atoms with E-state index in [0.717, 1.165) is 62.9 Å². The number of carbonyl (C=O) groups is 1. The van der Waals surface area contributed by atoms with Crippen molar-refractivity contribution in [2.75, 3.05) is 63.1 Å². The fourth-order valence-corrected chi connectivity index (χ4v) is 4.67. The van der Waals surface area contributed by atoms with Crippen molar-refractivity contribution < 1.29 is 23.4 Å². The molecule has 216 valence electrons. The lowest BCUT2D eigenvalue weighted by Gasteiger charge is -2.34. The number of aliphatic hydroxyl groups excluding tert-OH is 1. The van der Waals surface area contributed by atoms with Gasteiger partial charge in [0.05, 0.1) is 36.3 Å². The number of piperazine rings is 1. The summed E-state index contributed by atoms with van der Waals surface area (Å²) in [6.45, 7) is 6.29. The van der Waals surface area contributed by atoms with Gasteiger partial charge in [-0.1, -0.05) is 6.07 Å². The number of hydrogen-bond donors (Lipinski definition) is 3. The predicted molar refractivity (Wildman–Crippen MR) is 150 cm³/mol. The van der Waals surface area contributed by atoms with Crippen LogP contribution in [0.25, 0.3) is 10.9 Å². The van der Waals surface area contributed by atoms with E-state index in [1.165, 1.54) is 29.3 Å². The molecule has 1 saturated heterocycles. The van der Waals surface area contributed by atoms with Gasteiger partial charge >= 0.3 is 0 Å². The number of anilines is 3. The Hall–Kier alpha value is -4.20. The Morgan fingerprint density at radius 1 is 1.05 bits per heavy atom. The number of halogens is 2. The Bertz CT molecular complexity index is 1480. The number of rotatable bonds is 12. The predicted octanol–water partition coefficient (Wildman–Crippen LogP) is 2.87. The minimum absolute atomic E-state index is 0.192. The van der Waals surface area contributed by atoms with E-state index in [0.29, 0.717) is 23.6 Å². The Kier molecular flexibility index (Phi) is 9.29. The zero-order valence-electron chi connectivity index (χ0n) is 22.5. The molecule has 2 aromatic heterocycles. The highest BCUT2D eigenvalue weighted by Gasteiger charge is 2.16. The van der Waals surface area contributed by atoms with Gasteiger partial charge in [0.1, 0.15) is 24.4 Å². The van der Waals surface area contributed by atoms with Crippen molar-refractivity contribution in [1.29, 1.82) is 0 Å². The zero-order valence-corrected chi connectivity index (χ0v) is 22.5. The quantitative estimate of drug-likeness (QED) is 0.222. The number of ether oxygens (including phenoxy) is 1. The lowest BCUT2D eigenvalue weighted by atomic mass is 10.2. The first-order valence-electron chi connectivity index (χ1n) is 13.4. The molecule has 1 fully saturated rings. The van der Waals surface area contributed by atoms with Gasteiger partial charge in [-0.05, 0) is 30.7 Å². The molecule has 3 N–H and O–H groups in total. The number of fused-ring (bicyclic) bond motifs is 1. The Labute approximate surface area is 235 Å². The highest BCUT2D eigenvalue weighted by atomic mass is 19.2. The summed E-state index contributed by atoms with van der Waals surface area (Å²) in [5, 5.41) is 19.6. The number of β-amino-alcohol motifs (C(OH)–C–C–N with tert-alkyl or cyclic N) is 1. The van der Waals surface area contributed by atoms with E-state index in [4.69, 9.17) is 9.84 Å². The van der Waals surface area contributed by atoms with E-state index < -0.39 is 17.5 Å². The third-order valence-corrected chi connectivity index (χ3v) is 6.80. The van der Waals surface area contributed by atoms with Gasteiger partial charge in [0.15, 0.2) is 11.6 Å². The van der Waals surface area contributed by atoms with Crippen LogP contribution in [0, 0.1) is 11.6 Å². The highest BCUT2D eigenvalue weighted by Crippen LogP contribution is 2.26. The van der Waals surface area contributed by atoms with Crippen LogP contribution < -0.4 is 15.4 Å². The van der Waals surface area contributed by atoms with Crippen molar-refractivity contribution in [3.8, 4) is 5.75 Å². The number of carbonyl (C=O) groups excluding carboxylic acids is 1. The average Bonchev–Trinajstić information content (AvgIpc) is 3.41. The molecule has 13 heteroatoms. The average molecular weight is 567 g/mol. The van der Waals surface area contributed by atoms with E-state index >= 15 is 0 Å². The molecule has 4 aromatic rings. The van der Waals surface area contributed by atoms with Crippen LogP contribution in [0.5, 0.6) is 5.75 Å². The molecule has 0 atom stereocenters. The lowest BCUT2D eigenvalue weighted by Crippen LogP contribution is -2.47. The van der Waals surface area contributed by atoms with Gasteiger partial charge in [0, 0.05) is 56.9 Å². The van der Waals surface area contributed by atoms with Crippen LogP contribution in [0.1, 0.15) is 6.42 Å². The summed E-state index contributed by atoms with van der Waals surface area (Å²) in [6, 6.07) is 9.22. The third kappa shape index (κ3) is 7.51. The first-order valence-corrected chi connectivity index (χ1v) is 13.4. The standard InChI is InChI=1S/C28H32F2N8O3/c29-23-3-1-4-24(27(23)30)35-26(40)18-38-17-20(16-33-38)34-28-22-6-5-21(15-25(22)31-19-32-28)41-14-2-7-36-8-10-37(11-9-36)12-13-39/h1,3-6,15-17,19,39H,2,7-14,18H2,(H,35,40)(H,31,32,34). The minimum Gasteiger partial charge on any atom is -0.493 e. The number of amides is 1. The number of aromatic nitrogens is 4. The normalized spacial score (nSPS) is 14.3. The maximum atomic E-state index is 13.8. The summed E-state index contributed by atoms with van der Waals surface area (Å²) < 4.78 is 34.6. The summed E-state index contributed by atoms with van der Waals surface area (Å²) in [5.74, 6) is -1.41.